The van der Waals surface area contributed by atoms with Crippen LogP contribution < -0.4 is 0 Å². The van der Waals surface area contributed by atoms with Crippen molar-refractivity contribution < 1.29 is 38.4 Å². The monoisotopic (exact) mass is 531 g/mol. The van der Waals surface area contributed by atoms with Crippen molar-refractivity contribution in [3.05, 3.63) is 23.9 Å². The molecule has 0 radical (unpaired) electrons. The molecule has 1 saturated carbocycles. The number of cyclic esters (lactones) is 1. The number of hydrogen-bond donors (Lipinski definition) is 2. The third-order valence-electron chi connectivity index (χ3n) is 9.20. The minimum atomic E-state index is -1.17. The fraction of sp³-hybridized carbons (Fsp3) is 0.759. The molecule has 4 aliphatic rings. The molecule has 3 unspecified atom stereocenters. The number of carbonyl (C=O) groups excluding carboxylic acids is 2. The van der Waals surface area contributed by atoms with Gasteiger partial charge in [0.2, 0.25) is 0 Å². The first-order valence-corrected chi connectivity index (χ1v) is 14.1. The minimum Gasteiger partial charge on any atom is -0.458 e. The molecule has 4 heterocycles. The van der Waals surface area contributed by atoms with Crippen molar-refractivity contribution in [2.24, 2.45) is 17.3 Å². The number of rotatable bonds is 4. The number of aliphatic hydroxyl groups excluding tert-OH is 2. The van der Waals surface area contributed by atoms with Crippen molar-refractivity contribution in [1.82, 2.24) is 4.98 Å². The van der Waals surface area contributed by atoms with Crippen LogP contribution in [0, 0.1) is 24.2 Å². The summed E-state index contributed by atoms with van der Waals surface area (Å²) in [5.41, 5.74) is -0.725. The molecule has 8 atom stereocenters. The molecule has 5 rings (SSSR count). The first-order valence-electron chi connectivity index (χ1n) is 14.1. The molecule has 4 fully saturated rings. The Morgan fingerprint density at radius 3 is 2.58 bits per heavy atom. The van der Waals surface area contributed by atoms with Crippen LogP contribution in [0.25, 0.3) is 6.08 Å². The first kappa shape index (κ1) is 27.5. The predicted octanol–water partition coefficient (Wildman–Crippen LogP) is 3.53. The summed E-state index contributed by atoms with van der Waals surface area (Å²) in [5, 5.41) is 22.6. The second-order valence-corrected chi connectivity index (χ2v) is 12.1. The highest BCUT2D eigenvalue weighted by atomic mass is 16.6. The van der Waals surface area contributed by atoms with Crippen LogP contribution >= 0.6 is 0 Å². The van der Waals surface area contributed by atoms with E-state index >= 15 is 0 Å². The topological polar surface area (TPSA) is 135 Å². The lowest BCUT2D eigenvalue weighted by atomic mass is 9.58. The summed E-state index contributed by atoms with van der Waals surface area (Å²) in [4.78, 5) is 31.3. The molecule has 0 aromatic carbocycles. The molecule has 38 heavy (non-hydrogen) atoms. The quantitative estimate of drug-likeness (QED) is 0.442. The lowest BCUT2D eigenvalue weighted by Gasteiger charge is -2.46. The number of fused-ring (bicyclic) bond motifs is 1. The van der Waals surface area contributed by atoms with E-state index in [-0.39, 0.29) is 35.9 Å². The van der Waals surface area contributed by atoms with Gasteiger partial charge in [-0.1, -0.05) is 19.8 Å². The maximum absolute atomic E-state index is 13.9. The lowest BCUT2D eigenvalue weighted by Crippen LogP contribution is -2.54. The van der Waals surface area contributed by atoms with Crippen molar-refractivity contribution in [2.45, 2.75) is 115 Å². The van der Waals surface area contributed by atoms with E-state index in [4.69, 9.17) is 18.6 Å². The normalized spacial score (nSPS) is 40.0. The van der Waals surface area contributed by atoms with Gasteiger partial charge in [-0.25, -0.2) is 4.98 Å². The number of ketones is 1. The Bertz CT molecular complexity index is 1040. The van der Waals surface area contributed by atoms with Gasteiger partial charge in [-0.3, -0.25) is 9.59 Å². The largest absolute Gasteiger partial charge is 0.458 e. The van der Waals surface area contributed by atoms with Gasteiger partial charge in [-0.2, -0.15) is 0 Å². The van der Waals surface area contributed by atoms with Crippen LogP contribution in [0.3, 0.4) is 0 Å². The summed E-state index contributed by atoms with van der Waals surface area (Å²) in [6.45, 7) is 6.40. The van der Waals surface area contributed by atoms with Gasteiger partial charge >= 0.3 is 5.97 Å². The summed E-state index contributed by atoms with van der Waals surface area (Å²) < 4.78 is 22.6. The van der Waals surface area contributed by atoms with Crippen LogP contribution in [0.1, 0.15) is 83.2 Å². The zero-order valence-corrected chi connectivity index (χ0v) is 22.6. The number of epoxide rings is 2. The molecule has 3 saturated heterocycles. The maximum Gasteiger partial charge on any atom is 0.309 e. The van der Waals surface area contributed by atoms with E-state index in [9.17, 15) is 19.8 Å². The Hall–Kier alpha value is -2.07. The highest BCUT2D eigenvalue weighted by Crippen LogP contribution is 2.50. The molecule has 1 spiro atoms. The molecule has 0 bridgehead atoms. The maximum atomic E-state index is 13.9. The van der Waals surface area contributed by atoms with E-state index in [2.05, 4.69) is 11.9 Å². The van der Waals surface area contributed by atoms with Gasteiger partial charge in [0.15, 0.2) is 5.89 Å². The lowest BCUT2D eigenvalue weighted by molar-refractivity contribution is -0.162. The molecule has 9 heteroatoms. The summed E-state index contributed by atoms with van der Waals surface area (Å²) >= 11 is 0. The number of aliphatic hydroxyl groups is 2. The summed E-state index contributed by atoms with van der Waals surface area (Å²) in [5.74, 6) is -0.868. The van der Waals surface area contributed by atoms with Crippen LogP contribution in [0.2, 0.25) is 0 Å². The zero-order chi connectivity index (χ0) is 27.1. The Morgan fingerprint density at radius 1 is 1.18 bits per heavy atom. The van der Waals surface area contributed by atoms with Gasteiger partial charge in [-0.15, -0.1) is 0 Å². The molecule has 2 N–H and O–H groups in total. The van der Waals surface area contributed by atoms with Crippen LogP contribution in [0.15, 0.2) is 16.8 Å². The molecule has 9 nitrogen and oxygen atoms in total. The zero-order valence-electron chi connectivity index (χ0n) is 22.6. The number of oxazole rings is 1. The summed E-state index contributed by atoms with van der Waals surface area (Å²) in [6.07, 6.45) is 7.30. The Kier molecular flexibility index (Phi) is 7.84. The number of Topliss-reactive ketones (excluding diaryl/α,β-unsaturated/α-hetero) is 1. The number of hydrogen-bond acceptors (Lipinski definition) is 9. The second-order valence-electron chi connectivity index (χ2n) is 12.1. The average Bonchev–Trinajstić information content (AvgIpc) is 3.72. The smallest absolute Gasteiger partial charge is 0.309 e. The minimum absolute atomic E-state index is 0.0313. The molecule has 1 aromatic heterocycles. The fourth-order valence-electron chi connectivity index (χ4n) is 6.32. The molecule has 1 aromatic rings. The van der Waals surface area contributed by atoms with Gasteiger partial charge < -0.3 is 28.8 Å². The summed E-state index contributed by atoms with van der Waals surface area (Å²) in [7, 11) is 0. The van der Waals surface area contributed by atoms with Crippen LogP contribution in [0.5, 0.6) is 0 Å². The number of carbonyl (C=O) groups is 2. The van der Waals surface area contributed by atoms with Gasteiger partial charge in [0, 0.05) is 19.3 Å². The van der Waals surface area contributed by atoms with Gasteiger partial charge in [-0.05, 0) is 57.1 Å². The molecule has 0 amide bonds. The Morgan fingerprint density at radius 2 is 1.95 bits per heavy atom. The highest BCUT2D eigenvalue weighted by Gasteiger charge is 2.55. The number of ether oxygens (including phenoxy) is 3. The molecule has 1 aliphatic carbocycles. The van der Waals surface area contributed by atoms with E-state index in [1.165, 1.54) is 6.26 Å². The SMILES string of the molecule is Cc1nc(C=C[C@@H]2CC3OC3(C)CCC[C@H](C)[C@@H](O)[C@@H](CC3CO3)C(=O)C3(CCC3)[C@@H](O)CC(=O)O2)co1. The number of aryl methyl sites for hydroxylation is 1. The third kappa shape index (κ3) is 5.91. The second kappa shape index (κ2) is 10.8. The number of esters is 1. The van der Waals surface area contributed by atoms with E-state index in [1.54, 1.807) is 19.1 Å². The molecule has 3 aliphatic heterocycles. The molecular weight excluding hydrogens is 490 g/mol. The van der Waals surface area contributed by atoms with Crippen LogP contribution in [-0.2, 0) is 23.8 Å². The fourth-order valence-corrected chi connectivity index (χ4v) is 6.32. The predicted molar refractivity (Wildman–Crippen MR) is 137 cm³/mol. The number of aromatic nitrogens is 1. The van der Waals surface area contributed by atoms with Crippen molar-refractivity contribution in [3.8, 4) is 0 Å². The first-order chi connectivity index (χ1) is 18.1. The van der Waals surface area contributed by atoms with Gasteiger partial charge in [0.05, 0.1) is 48.5 Å². The van der Waals surface area contributed by atoms with Crippen LogP contribution in [0.4, 0.5) is 0 Å². The summed E-state index contributed by atoms with van der Waals surface area (Å²) in [6, 6.07) is 0. The van der Waals surface area contributed by atoms with Crippen molar-refractivity contribution >= 4 is 17.8 Å². The van der Waals surface area contributed by atoms with Gasteiger partial charge in [0.25, 0.3) is 0 Å². The van der Waals surface area contributed by atoms with E-state index in [1.807, 2.05) is 6.92 Å². The van der Waals surface area contributed by atoms with E-state index < -0.39 is 35.6 Å². The van der Waals surface area contributed by atoms with Gasteiger partial charge in [0.1, 0.15) is 23.8 Å². The third-order valence-corrected chi connectivity index (χ3v) is 9.20. The standard InChI is InChI=1S/C29H41NO8/c1-17-6-4-9-28(3)24(38-28)13-20(8-7-19-15-35-18(2)30-19)37-25(32)14-23(31)29(10-5-11-29)27(34)22(26(17)33)12-21-16-36-21/h7-8,15,17,20-24,26,31,33H,4-6,9-14,16H2,1-3H3/t17-,20+,21?,22+,23-,24?,26+,28?/m0/s1. The van der Waals surface area contributed by atoms with Crippen molar-refractivity contribution in [2.75, 3.05) is 6.61 Å². The highest BCUT2D eigenvalue weighted by molar-refractivity contribution is 5.89. The number of nitrogens with zero attached hydrogens (tertiary/aromatic N) is 1. The molecule has 210 valence electrons. The average molecular weight is 532 g/mol. The Balaban J connectivity index is 1.37. The van der Waals surface area contributed by atoms with Crippen molar-refractivity contribution in [3.63, 3.8) is 0 Å². The van der Waals surface area contributed by atoms with Crippen molar-refractivity contribution in [1.29, 1.82) is 0 Å². The Labute approximate surface area is 223 Å². The molecular formula is C29H41NO8. The van der Waals surface area contributed by atoms with E-state index in [0.717, 1.165) is 25.7 Å². The van der Waals surface area contributed by atoms with Crippen LogP contribution in [-0.4, -0.2) is 69.7 Å². The van der Waals surface area contributed by atoms with E-state index in [0.29, 0.717) is 43.9 Å².